The van der Waals surface area contributed by atoms with Gasteiger partial charge in [0.05, 0.1) is 0 Å². The van der Waals surface area contributed by atoms with Crippen molar-refractivity contribution in [3.05, 3.63) is 0 Å². The smallest absolute Gasteiger partial charge is 0.244 e. The van der Waals surface area contributed by atoms with E-state index in [2.05, 4.69) is 6.92 Å². The highest BCUT2D eigenvalue weighted by Gasteiger charge is 2.32. The lowest BCUT2D eigenvalue weighted by molar-refractivity contribution is -0.140. The van der Waals surface area contributed by atoms with Crippen LogP contribution in [0.15, 0.2) is 0 Å². The summed E-state index contributed by atoms with van der Waals surface area (Å²) in [6.45, 7) is 2.65. The van der Waals surface area contributed by atoms with Gasteiger partial charge in [0, 0.05) is 13.0 Å². The zero-order valence-corrected chi connectivity index (χ0v) is 8.51. The van der Waals surface area contributed by atoms with Crippen molar-refractivity contribution in [2.45, 2.75) is 26.2 Å². The maximum atomic E-state index is 11.3. The van der Waals surface area contributed by atoms with Gasteiger partial charge in [0.25, 0.3) is 0 Å². The van der Waals surface area contributed by atoms with E-state index in [1.54, 1.807) is 0 Å². The number of hydrogen-bond donors (Lipinski definition) is 0. The van der Waals surface area contributed by atoms with Gasteiger partial charge in [-0.05, 0) is 12.3 Å². The molecule has 1 rings (SSSR count). The maximum Gasteiger partial charge on any atom is 0.244 e. The van der Waals surface area contributed by atoms with Gasteiger partial charge in [0.1, 0.15) is 5.88 Å². The number of nitrogens with zero attached hydrogens (tertiary/aromatic N) is 1. The number of imide groups is 1. The topological polar surface area (TPSA) is 37.4 Å². The van der Waals surface area contributed by atoms with Crippen molar-refractivity contribution < 1.29 is 9.59 Å². The van der Waals surface area contributed by atoms with Crippen LogP contribution in [-0.2, 0) is 9.59 Å². The van der Waals surface area contributed by atoms with Crippen LogP contribution in [0, 0.1) is 5.92 Å². The van der Waals surface area contributed by atoms with Crippen LogP contribution >= 0.6 is 11.6 Å². The number of likely N-dealkylation sites (tertiary alicyclic amines) is 1. The molecule has 0 bridgehead atoms. The van der Waals surface area contributed by atoms with Crippen molar-refractivity contribution in [3.63, 3.8) is 0 Å². The molecular formula is C9H14ClNO2. The zero-order chi connectivity index (χ0) is 9.84. The molecule has 1 fully saturated rings. The van der Waals surface area contributed by atoms with Crippen molar-refractivity contribution in [1.29, 1.82) is 0 Å². The Labute approximate surface area is 83.0 Å². The van der Waals surface area contributed by atoms with Crippen LogP contribution in [0.4, 0.5) is 0 Å². The van der Waals surface area contributed by atoms with E-state index in [-0.39, 0.29) is 17.7 Å². The molecule has 13 heavy (non-hydrogen) atoms. The van der Waals surface area contributed by atoms with E-state index in [1.807, 2.05) is 0 Å². The van der Waals surface area contributed by atoms with Crippen molar-refractivity contribution >= 4 is 23.4 Å². The summed E-state index contributed by atoms with van der Waals surface area (Å²) in [6.07, 6.45) is 2.58. The van der Waals surface area contributed by atoms with Crippen LogP contribution in [0.5, 0.6) is 0 Å². The Morgan fingerprint density at radius 2 is 2.38 bits per heavy atom. The molecule has 1 aliphatic heterocycles. The molecule has 1 unspecified atom stereocenters. The highest BCUT2D eigenvalue weighted by molar-refractivity contribution is 6.28. The SMILES string of the molecule is CCCC1CC(=O)N(C(=O)CCl)C1. The fourth-order valence-corrected chi connectivity index (χ4v) is 1.84. The predicted molar refractivity (Wildman–Crippen MR) is 50.5 cm³/mol. The summed E-state index contributed by atoms with van der Waals surface area (Å²) in [4.78, 5) is 23.7. The molecule has 0 aromatic carbocycles. The van der Waals surface area contributed by atoms with Crippen LogP contribution < -0.4 is 0 Å². The normalized spacial score (nSPS) is 22.5. The Balaban J connectivity index is 2.51. The molecule has 2 amide bonds. The third-order valence-electron chi connectivity index (χ3n) is 2.32. The second-order valence-corrected chi connectivity index (χ2v) is 3.66. The van der Waals surface area contributed by atoms with E-state index in [1.165, 1.54) is 4.90 Å². The van der Waals surface area contributed by atoms with Gasteiger partial charge in [0.2, 0.25) is 11.8 Å². The van der Waals surface area contributed by atoms with Crippen LogP contribution in [0.2, 0.25) is 0 Å². The molecule has 0 saturated carbocycles. The largest absolute Gasteiger partial charge is 0.281 e. The van der Waals surface area contributed by atoms with Crippen LogP contribution in [-0.4, -0.2) is 29.1 Å². The van der Waals surface area contributed by atoms with Gasteiger partial charge in [-0.1, -0.05) is 13.3 Å². The number of halogens is 1. The summed E-state index contributed by atoms with van der Waals surface area (Å²) < 4.78 is 0. The van der Waals surface area contributed by atoms with E-state index < -0.39 is 0 Å². The molecule has 0 N–H and O–H groups in total. The highest BCUT2D eigenvalue weighted by atomic mass is 35.5. The lowest BCUT2D eigenvalue weighted by Gasteiger charge is -2.12. The predicted octanol–water partition coefficient (Wildman–Crippen LogP) is 1.40. The molecule has 74 valence electrons. The number of carbonyl (C=O) groups excluding carboxylic acids is 2. The Bertz CT molecular complexity index is 218. The molecule has 0 aliphatic carbocycles. The molecule has 0 spiro atoms. The van der Waals surface area contributed by atoms with Gasteiger partial charge in [-0.15, -0.1) is 11.6 Å². The van der Waals surface area contributed by atoms with E-state index in [0.29, 0.717) is 18.9 Å². The van der Waals surface area contributed by atoms with Crippen LogP contribution in [0.3, 0.4) is 0 Å². The molecule has 3 nitrogen and oxygen atoms in total. The fraction of sp³-hybridized carbons (Fsp3) is 0.778. The average molecular weight is 204 g/mol. The minimum Gasteiger partial charge on any atom is -0.281 e. The summed E-state index contributed by atoms with van der Waals surface area (Å²) in [5.41, 5.74) is 0. The van der Waals surface area contributed by atoms with E-state index in [0.717, 1.165) is 12.8 Å². The number of hydrogen-bond acceptors (Lipinski definition) is 2. The fourth-order valence-electron chi connectivity index (χ4n) is 1.70. The average Bonchev–Trinajstić information content (AvgIpc) is 2.46. The monoisotopic (exact) mass is 203 g/mol. The van der Waals surface area contributed by atoms with Gasteiger partial charge < -0.3 is 0 Å². The van der Waals surface area contributed by atoms with Gasteiger partial charge in [0.15, 0.2) is 0 Å². The molecule has 1 saturated heterocycles. The lowest BCUT2D eigenvalue weighted by atomic mass is 10.0. The molecule has 0 aromatic rings. The number of carbonyl (C=O) groups is 2. The van der Waals surface area contributed by atoms with Gasteiger partial charge >= 0.3 is 0 Å². The summed E-state index contributed by atoms with van der Waals surface area (Å²) in [5.74, 6) is -0.0658. The van der Waals surface area contributed by atoms with Crippen molar-refractivity contribution in [2.75, 3.05) is 12.4 Å². The quantitative estimate of drug-likeness (QED) is 0.651. The van der Waals surface area contributed by atoms with Crippen LogP contribution in [0.25, 0.3) is 0 Å². The van der Waals surface area contributed by atoms with Gasteiger partial charge in [-0.2, -0.15) is 0 Å². The lowest BCUT2D eigenvalue weighted by Crippen LogP contribution is -2.33. The molecular weight excluding hydrogens is 190 g/mol. The number of rotatable bonds is 3. The second-order valence-electron chi connectivity index (χ2n) is 3.39. The van der Waals surface area contributed by atoms with E-state index in [4.69, 9.17) is 11.6 Å². The summed E-state index contributed by atoms with van der Waals surface area (Å²) >= 11 is 5.38. The minimum atomic E-state index is -0.259. The Morgan fingerprint density at radius 1 is 1.69 bits per heavy atom. The number of alkyl halides is 1. The second kappa shape index (κ2) is 4.61. The third-order valence-corrected chi connectivity index (χ3v) is 2.55. The van der Waals surface area contributed by atoms with Crippen molar-refractivity contribution in [1.82, 2.24) is 4.90 Å². The molecule has 0 aromatic heterocycles. The number of amides is 2. The molecule has 1 aliphatic rings. The van der Waals surface area contributed by atoms with E-state index in [9.17, 15) is 9.59 Å². The van der Waals surface area contributed by atoms with Crippen molar-refractivity contribution in [3.8, 4) is 0 Å². The standard InChI is InChI=1S/C9H14ClNO2/c1-2-3-7-4-8(12)11(6-7)9(13)5-10/h7H,2-6H2,1H3. The van der Waals surface area contributed by atoms with E-state index >= 15 is 0 Å². The highest BCUT2D eigenvalue weighted by Crippen LogP contribution is 2.22. The zero-order valence-electron chi connectivity index (χ0n) is 7.75. The third kappa shape index (κ3) is 2.44. The molecule has 4 heteroatoms. The first-order valence-corrected chi connectivity index (χ1v) is 5.11. The first-order valence-electron chi connectivity index (χ1n) is 4.58. The summed E-state index contributed by atoms with van der Waals surface area (Å²) in [7, 11) is 0. The van der Waals surface area contributed by atoms with Gasteiger partial charge in [-0.25, -0.2) is 0 Å². The maximum absolute atomic E-state index is 11.3. The molecule has 1 heterocycles. The van der Waals surface area contributed by atoms with Gasteiger partial charge in [-0.3, -0.25) is 14.5 Å². The Kier molecular flexibility index (Phi) is 3.72. The van der Waals surface area contributed by atoms with Crippen molar-refractivity contribution in [2.24, 2.45) is 5.92 Å². The summed E-state index contributed by atoms with van der Waals surface area (Å²) in [5, 5.41) is 0. The summed E-state index contributed by atoms with van der Waals surface area (Å²) in [6, 6.07) is 0. The molecule has 0 radical (unpaired) electrons. The first-order chi connectivity index (χ1) is 6.19. The minimum absolute atomic E-state index is 0.0656. The first kappa shape index (κ1) is 10.5. The van der Waals surface area contributed by atoms with Crippen LogP contribution in [0.1, 0.15) is 26.2 Å². The Morgan fingerprint density at radius 3 is 2.92 bits per heavy atom. The molecule has 1 atom stereocenters. The Hall–Kier alpha value is -0.570.